The van der Waals surface area contributed by atoms with Crippen molar-refractivity contribution in [3.05, 3.63) is 29.8 Å². The molecule has 0 bridgehead atoms. The minimum atomic E-state index is -1.03. The van der Waals surface area contributed by atoms with Gasteiger partial charge < -0.3 is 9.47 Å². The summed E-state index contributed by atoms with van der Waals surface area (Å²) in [6, 6.07) is 2.84. The quantitative estimate of drug-likeness (QED) is 0.596. The first-order valence-electron chi connectivity index (χ1n) is 5.41. The van der Waals surface area contributed by atoms with E-state index in [9.17, 15) is 9.18 Å². The van der Waals surface area contributed by atoms with Gasteiger partial charge in [0.25, 0.3) is 0 Å². The summed E-state index contributed by atoms with van der Waals surface area (Å²) in [5.41, 5.74) is -1.27. The Morgan fingerprint density at radius 2 is 2.29 bits per heavy atom. The Bertz CT molecular complexity index is 448. The molecule has 92 valence electrons. The molecule has 2 rings (SSSR count). The average Bonchev–Trinajstić information content (AvgIpc) is 2.97. The molecule has 0 radical (unpaired) electrons. The SMILES string of the molecule is CCC1(c2ccc(F)cn2)OC1(C)C(=O)OC. The largest absolute Gasteiger partial charge is 0.467 e. The molecular weight excluding hydrogens is 225 g/mol. The second-order valence-corrected chi connectivity index (χ2v) is 4.17. The van der Waals surface area contributed by atoms with Gasteiger partial charge >= 0.3 is 5.97 Å². The van der Waals surface area contributed by atoms with Crippen molar-refractivity contribution < 1.29 is 18.7 Å². The highest BCUT2D eigenvalue weighted by Gasteiger charge is 2.73. The van der Waals surface area contributed by atoms with E-state index < -0.39 is 23.0 Å². The molecule has 2 unspecified atom stereocenters. The van der Waals surface area contributed by atoms with Crippen LogP contribution in [0.5, 0.6) is 0 Å². The van der Waals surface area contributed by atoms with Gasteiger partial charge in [0.05, 0.1) is 19.0 Å². The lowest BCUT2D eigenvalue weighted by molar-refractivity contribution is -0.146. The first-order valence-corrected chi connectivity index (χ1v) is 5.41. The maximum atomic E-state index is 12.8. The van der Waals surface area contributed by atoms with Crippen molar-refractivity contribution in [2.24, 2.45) is 0 Å². The fraction of sp³-hybridized carbons (Fsp3) is 0.500. The van der Waals surface area contributed by atoms with Gasteiger partial charge in [0.15, 0.2) is 11.2 Å². The van der Waals surface area contributed by atoms with Crippen LogP contribution in [0.1, 0.15) is 26.0 Å². The van der Waals surface area contributed by atoms with E-state index in [4.69, 9.17) is 9.47 Å². The van der Waals surface area contributed by atoms with Gasteiger partial charge in [0.2, 0.25) is 0 Å². The van der Waals surface area contributed by atoms with E-state index in [-0.39, 0.29) is 0 Å². The fourth-order valence-corrected chi connectivity index (χ4v) is 2.23. The second kappa shape index (κ2) is 3.77. The smallest absolute Gasteiger partial charge is 0.341 e. The van der Waals surface area contributed by atoms with Crippen LogP contribution in [0.3, 0.4) is 0 Å². The van der Waals surface area contributed by atoms with Gasteiger partial charge in [0.1, 0.15) is 5.82 Å². The number of rotatable bonds is 3. The molecule has 4 nitrogen and oxygen atoms in total. The topological polar surface area (TPSA) is 51.7 Å². The van der Waals surface area contributed by atoms with Gasteiger partial charge in [-0.05, 0) is 25.5 Å². The van der Waals surface area contributed by atoms with E-state index in [1.807, 2.05) is 6.92 Å². The number of hydrogen-bond acceptors (Lipinski definition) is 4. The number of nitrogens with zero attached hydrogens (tertiary/aromatic N) is 1. The zero-order valence-electron chi connectivity index (χ0n) is 9.99. The number of carbonyl (C=O) groups is 1. The minimum absolute atomic E-state index is 0.416. The van der Waals surface area contributed by atoms with Crippen molar-refractivity contribution in [2.75, 3.05) is 7.11 Å². The van der Waals surface area contributed by atoms with Crippen LogP contribution in [0, 0.1) is 5.82 Å². The zero-order valence-corrected chi connectivity index (χ0v) is 9.99. The van der Waals surface area contributed by atoms with Gasteiger partial charge in [-0.25, -0.2) is 9.18 Å². The van der Waals surface area contributed by atoms with Gasteiger partial charge in [0, 0.05) is 0 Å². The van der Waals surface area contributed by atoms with E-state index in [1.165, 1.54) is 19.2 Å². The van der Waals surface area contributed by atoms with Crippen molar-refractivity contribution in [3.63, 3.8) is 0 Å². The average molecular weight is 239 g/mol. The Balaban J connectivity index is 2.36. The second-order valence-electron chi connectivity index (χ2n) is 4.17. The van der Waals surface area contributed by atoms with Crippen LogP contribution in [-0.4, -0.2) is 23.7 Å². The van der Waals surface area contributed by atoms with Crippen LogP contribution in [0.2, 0.25) is 0 Å². The van der Waals surface area contributed by atoms with Crippen molar-refractivity contribution in [1.82, 2.24) is 4.98 Å². The molecular formula is C12H14FNO3. The monoisotopic (exact) mass is 239 g/mol. The molecule has 2 atom stereocenters. The van der Waals surface area contributed by atoms with Crippen molar-refractivity contribution >= 4 is 5.97 Å². The van der Waals surface area contributed by atoms with Crippen molar-refractivity contribution in [3.8, 4) is 0 Å². The molecule has 1 aliphatic heterocycles. The highest BCUT2D eigenvalue weighted by molar-refractivity contribution is 5.84. The first kappa shape index (κ1) is 12.0. The molecule has 0 amide bonds. The van der Waals surface area contributed by atoms with Crippen LogP contribution in [0.4, 0.5) is 4.39 Å². The third-order valence-corrected chi connectivity index (χ3v) is 3.32. The molecule has 2 heterocycles. The fourth-order valence-electron chi connectivity index (χ4n) is 2.23. The first-order chi connectivity index (χ1) is 8.00. The maximum Gasteiger partial charge on any atom is 0.341 e. The number of methoxy groups -OCH3 is 1. The number of epoxide rings is 1. The lowest BCUT2D eigenvalue weighted by Crippen LogP contribution is -2.31. The predicted octanol–water partition coefficient (Wildman–Crippen LogP) is 1.79. The maximum absolute atomic E-state index is 12.8. The molecule has 0 N–H and O–H groups in total. The summed E-state index contributed by atoms with van der Waals surface area (Å²) in [4.78, 5) is 15.6. The summed E-state index contributed by atoms with van der Waals surface area (Å²) in [5.74, 6) is -0.856. The van der Waals surface area contributed by atoms with Gasteiger partial charge in [-0.15, -0.1) is 0 Å². The Hall–Kier alpha value is -1.49. The zero-order chi connectivity index (χ0) is 12.7. The van der Waals surface area contributed by atoms with Gasteiger partial charge in [-0.3, -0.25) is 4.98 Å². The van der Waals surface area contributed by atoms with E-state index >= 15 is 0 Å². The molecule has 1 aliphatic rings. The Kier molecular flexibility index (Phi) is 2.66. The summed E-state index contributed by atoms with van der Waals surface area (Å²) in [5, 5.41) is 0. The Morgan fingerprint density at radius 1 is 1.59 bits per heavy atom. The minimum Gasteiger partial charge on any atom is -0.467 e. The number of halogens is 1. The Morgan fingerprint density at radius 3 is 2.76 bits per heavy atom. The number of pyridine rings is 1. The van der Waals surface area contributed by atoms with Crippen molar-refractivity contribution in [1.29, 1.82) is 0 Å². The van der Waals surface area contributed by atoms with Crippen LogP contribution in [0.15, 0.2) is 18.3 Å². The van der Waals surface area contributed by atoms with Gasteiger partial charge in [-0.2, -0.15) is 0 Å². The van der Waals surface area contributed by atoms with Crippen LogP contribution in [0.25, 0.3) is 0 Å². The van der Waals surface area contributed by atoms with Crippen LogP contribution < -0.4 is 0 Å². The lowest BCUT2D eigenvalue weighted by atomic mass is 9.88. The number of ether oxygens (including phenoxy) is 2. The van der Waals surface area contributed by atoms with Crippen LogP contribution >= 0.6 is 0 Å². The predicted molar refractivity (Wildman–Crippen MR) is 57.7 cm³/mol. The summed E-state index contributed by atoms with van der Waals surface area (Å²) in [6.07, 6.45) is 1.68. The number of aromatic nitrogens is 1. The van der Waals surface area contributed by atoms with Gasteiger partial charge in [-0.1, -0.05) is 6.92 Å². The molecule has 0 saturated carbocycles. The van der Waals surface area contributed by atoms with E-state index in [1.54, 1.807) is 6.92 Å². The van der Waals surface area contributed by atoms with Crippen molar-refractivity contribution in [2.45, 2.75) is 31.5 Å². The van der Waals surface area contributed by atoms with E-state index in [2.05, 4.69) is 4.98 Å². The molecule has 1 saturated heterocycles. The summed E-state index contributed by atoms with van der Waals surface area (Å²) < 4.78 is 23.1. The van der Waals surface area contributed by atoms with E-state index in [0.29, 0.717) is 12.1 Å². The number of carbonyl (C=O) groups excluding carboxylic acids is 1. The van der Waals surface area contributed by atoms with E-state index in [0.717, 1.165) is 6.20 Å². The summed E-state index contributed by atoms with van der Waals surface area (Å²) >= 11 is 0. The third kappa shape index (κ3) is 1.53. The highest BCUT2D eigenvalue weighted by Crippen LogP contribution is 2.57. The lowest BCUT2D eigenvalue weighted by Gasteiger charge is -2.13. The summed E-state index contributed by atoms with van der Waals surface area (Å²) in [6.45, 7) is 3.55. The highest BCUT2D eigenvalue weighted by atomic mass is 19.1. The molecule has 1 aromatic heterocycles. The summed E-state index contributed by atoms with van der Waals surface area (Å²) in [7, 11) is 1.31. The molecule has 5 heteroatoms. The molecule has 0 aliphatic carbocycles. The molecule has 1 fully saturated rings. The van der Waals surface area contributed by atoms with Crippen LogP contribution in [-0.2, 0) is 19.9 Å². The molecule has 17 heavy (non-hydrogen) atoms. The molecule has 1 aromatic rings. The number of esters is 1. The molecule has 0 aromatic carbocycles. The third-order valence-electron chi connectivity index (χ3n) is 3.32. The normalized spacial score (nSPS) is 31.1. The Labute approximate surface area is 98.8 Å². The number of hydrogen-bond donors (Lipinski definition) is 0. The molecule has 0 spiro atoms. The standard InChI is InChI=1S/C12H14FNO3/c1-4-12(9-6-5-8(13)7-14-9)11(2,17-12)10(15)16-3/h5-7H,4H2,1-3H3.